The zero-order valence-corrected chi connectivity index (χ0v) is 13.8. The first-order valence-corrected chi connectivity index (χ1v) is 8.18. The molecule has 0 spiro atoms. The number of hydrogen-bond donors (Lipinski definition) is 0. The molecule has 0 saturated carbocycles. The first-order valence-electron chi connectivity index (χ1n) is 8.18. The fourth-order valence-corrected chi connectivity index (χ4v) is 3.02. The second kappa shape index (κ2) is 6.45. The molecule has 0 radical (unpaired) electrons. The molecule has 0 N–H and O–H groups in total. The van der Waals surface area contributed by atoms with E-state index in [1.54, 1.807) is 23.0 Å². The third-order valence-electron chi connectivity index (χ3n) is 4.22. The summed E-state index contributed by atoms with van der Waals surface area (Å²) in [5.74, 6) is -3.65. The number of ether oxygens (including phenoxy) is 1. The van der Waals surface area contributed by atoms with Gasteiger partial charge in [-0.25, -0.2) is 18.4 Å². The number of carbonyl (C=O) groups is 1. The molecular formula is C18H16F2N4O2. The molecule has 0 unspecified atom stereocenters. The highest BCUT2D eigenvalue weighted by atomic mass is 19.3. The van der Waals surface area contributed by atoms with Gasteiger partial charge in [-0.15, -0.1) is 0 Å². The zero-order valence-electron chi connectivity index (χ0n) is 13.8. The number of alkyl halides is 2. The van der Waals surface area contributed by atoms with Gasteiger partial charge in [0.2, 0.25) is 0 Å². The minimum atomic E-state index is -3.08. The Morgan fingerprint density at radius 2 is 2.04 bits per heavy atom. The number of aromatic nitrogens is 3. The van der Waals surface area contributed by atoms with E-state index in [4.69, 9.17) is 4.74 Å². The SMILES string of the molecule is O=C(c1ncccc1-n1ncc2ccccc21)N1CCOCC(F)(F)C1. The average Bonchev–Trinajstić information content (AvgIpc) is 2.98. The molecule has 0 bridgehead atoms. The normalized spacial score (nSPS) is 17.2. The lowest BCUT2D eigenvalue weighted by Gasteiger charge is -2.23. The number of benzene rings is 1. The van der Waals surface area contributed by atoms with E-state index in [0.29, 0.717) is 5.69 Å². The van der Waals surface area contributed by atoms with Crippen LogP contribution < -0.4 is 0 Å². The van der Waals surface area contributed by atoms with Gasteiger partial charge in [0.05, 0.1) is 30.6 Å². The summed E-state index contributed by atoms with van der Waals surface area (Å²) in [5, 5.41) is 5.24. The highest BCUT2D eigenvalue weighted by Crippen LogP contribution is 2.23. The smallest absolute Gasteiger partial charge is 0.288 e. The highest BCUT2D eigenvalue weighted by molar-refractivity contribution is 5.96. The van der Waals surface area contributed by atoms with Gasteiger partial charge in [-0.3, -0.25) is 4.79 Å². The maximum Gasteiger partial charge on any atom is 0.288 e. The van der Waals surface area contributed by atoms with Crippen LogP contribution in [0.25, 0.3) is 16.6 Å². The lowest BCUT2D eigenvalue weighted by atomic mass is 10.2. The summed E-state index contributed by atoms with van der Waals surface area (Å²) >= 11 is 0. The van der Waals surface area contributed by atoms with Crippen LogP contribution in [0.3, 0.4) is 0 Å². The molecule has 1 aromatic carbocycles. The summed E-state index contributed by atoms with van der Waals surface area (Å²) in [5.41, 5.74) is 1.34. The van der Waals surface area contributed by atoms with Crippen molar-refractivity contribution in [2.45, 2.75) is 5.92 Å². The van der Waals surface area contributed by atoms with Crippen molar-refractivity contribution in [1.29, 1.82) is 0 Å². The summed E-state index contributed by atoms with van der Waals surface area (Å²) in [6.07, 6.45) is 3.15. The Morgan fingerprint density at radius 1 is 1.19 bits per heavy atom. The Bertz CT molecular complexity index is 957. The summed E-state index contributed by atoms with van der Waals surface area (Å²) in [4.78, 5) is 18.2. The fraction of sp³-hybridized carbons (Fsp3) is 0.278. The van der Waals surface area contributed by atoms with Crippen LogP contribution >= 0.6 is 0 Å². The van der Waals surface area contributed by atoms with E-state index in [2.05, 4.69) is 10.1 Å². The Labute approximate surface area is 148 Å². The fourth-order valence-electron chi connectivity index (χ4n) is 3.02. The van der Waals surface area contributed by atoms with Crippen LogP contribution in [-0.2, 0) is 4.74 Å². The van der Waals surface area contributed by atoms with Crippen molar-refractivity contribution in [1.82, 2.24) is 19.7 Å². The number of rotatable bonds is 2. The van der Waals surface area contributed by atoms with Gasteiger partial charge >= 0.3 is 0 Å². The summed E-state index contributed by atoms with van der Waals surface area (Å²) in [6.45, 7) is -1.23. The number of carbonyl (C=O) groups excluding carboxylic acids is 1. The Morgan fingerprint density at radius 3 is 2.92 bits per heavy atom. The van der Waals surface area contributed by atoms with Crippen molar-refractivity contribution in [3.8, 4) is 5.69 Å². The molecule has 1 fully saturated rings. The predicted molar refractivity (Wildman–Crippen MR) is 90.5 cm³/mol. The molecule has 1 amide bonds. The van der Waals surface area contributed by atoms with Gasteiger partial charge in [-0.05, 0) is 18.2 Å². The number of nitrogens with zero attached hydrogens (tertiary/aromatic N) is 4. The molecule has 0 aliphatic carbocycles. The van der Waals surface area contributed by atoms with Crippen molar-refractivity contribution >= 4 is 16.8 Å². The van der Waals surface area contributed by atoms with Gasteiger partial charge in [0.25, 0.3) is 11.8 Å². The van der Waals surface area contributed by atoms with Crippen molar-refractivity contribution < 1.29 is 18.3 Å². The lowest BCUT2D eigenvalue weighted by Crippen LogP contribution is -2.41. The van der Waals surface area contributed by atoms with Gasteiger partial charge in [-0.1, -0.05) is 18.2 Å². The van der Waals surface area contributed by atoms with Gasteiger partial charge in [0, 0.05) is 18.1 Å². The van der Waals surface area contributed by atoms with E-state index in [-0.39, 0.29) is 18.8 Å². The van der Waals surface area contributed by atoms with Crippen molar-refractivity contribution in [3.63, 3.8) is 0 Å². The third-order valence-corrected chi connectivity index (χ3v) is 4.22. The number of hydrogen-bond acceptors (Lipinski definition) is 4. The van der Waals surface area contributed by atoms with Gasteiger partial charge in [-0.2, -0.15) is 5.10 Å². The first-order chi connectivity index (χ1) is 12.6. The third kappa shape index (κ3) is 3.03. The van der Waals surface area contributed by atoms with E-state index < -0.39 is 25.0 Å². The van der Waals surface area contributed by atoms with Crippen molar-refractivity contribution in [3.05, 3.63) is 54.5 Å². The minimum Gasteiger partial charge on any atom is -0.373 e. The monoisotopic (exact) mass is 358 g/mol. The molecule has 3 heterocycles. The van der Waals surface area contributed by atoms with Gasteiger partial charge in [0.1, 0.15) is 6.61 Å². The number of amides is 1. The maximum atomic E-state index is 13.8. The number of para-hydroxylation sites is 1. The lowest BCUT2D eigenvalue weighted by molar-refractivity contribution is -0.0661. The van der Waals surface area contributed by atoms with Gasteiger partial charge in [0.15, 0.2) is 5.69 Å². The maximum absolute atomic E-state index is 13.8. The van der Waals surface area contributed by atoms with E-state index >= 15 is 0 Å². The average molecular weight is 358 g/mol. The van der Waals surface area contributed by atoms with Crippen LogP contribution in [0.2, 0.25) is 0 Å². The van der Waals surface area contributed by atoms with Crippen LogP contribution in [-0.4, -0.2) is 57.8 Å². The first kappa shape index (κ1) is 16.6. The summed E-state index contributed by atoms with van der Waals surface area (Å²) in [7, 11) is 0. The Hall–Kier alpha value is -2.87. The Balaban J connectivity index is 1.75. The largest absolute Gasteiger partial charge is 0.373 e. The predicted octanol–water partition coefficient (Wildman–Crippen LogP) is 2.53. The molecule has 26 heavy (non-hydrogen) atoms. The molecule has 0 atom stereocenters. The van der Waals surface area contributed by atoms with Crippen LogP contribution in [0.4, 0.5) is 8.78 Å². The highest BCUT2D eigenvalue weighted by Gasteiger charge is 2.37. The van der Waals surface area contributed by atoms with Crippen molar-refractivity contribution in [2.24, 2.45) is 0 Å². The Kier molecular flexibility index (Phi) is 4.12. The summed E-state index contributed by atoms with van der Waals surface area (Å²) < 4.78 is 34.1. The molecule has 6 nitrogen and oxygen atoms in total. The topological polar surface area (TPSA) is 60.2 Å². The van der Waals surface area contributed by atoms with E-state index in [1.807, 2.05) is 24.3 Å². The minimum absolute atomic E-state index is 0.0637. The second-order valence-corrected chi connectivity index (χ2v) is 6.12. The van der Waals surface area contributed by atoms with Crippen LogP contribution in [0.15, 0.2) is 48.8 Å². The molecular weight excluding hydrogens is 342 g/mol. The van der Waals surface area contributed by atoms with E-state index in [0.717, 1.165) is 15.8 Å². The quantitative estimate of drug-likeness (QED) is 0.706. The molecule has 1 aliphatic heterocycles. The second-order valence-electron chi connectivity index (χ2n) is 6.12. The molecule has 134 valence electrons. The van der Waals surface area contributed by atoms with Crippen LogP contribution in [0.1, 0.15) is 10.5 Å². The number of pyridine rings is 1. The zero-order chi connectivity index (χ0) is 18.1. The van der Waals surface area contributed by atoms with Gasteiger partial charge < -0.3 is 9.64 Å². The molecule has 1 aliphatic rings. The molecule has 2 aromatic heterocycles. The molecule has 3 aromatic rings. The summed E-state index contributed by atoms with van der Waals surface area (Å²) in [6, 6.07) is 10.9. The van der Waals surface area contributed by atoms with Crippen molar-refractivity contribution in [2.75, 3.05) is 26.3 Å². The van der Waals surface area contributed by atoms with Crippen LogP contribution in [0, 0.1) is 0 Å². The molecule has 1 saturated heterocycles. The number of halogens is 2. The molecule has 8 heteroatoms. The molecule has 4 rings (SSSR count). The van der Waals surface area contributed by atoms with E-state index in [9.17, 15) is 13.6 Å². The standard InChI is InChI=1S/C18H16F2N4O2/c19-18(20)11-23(8-9-26-12-18)17(25)16-15(6-3-7-21-16)24-14-5-2-1-4-13(14)10-22-24/h1-7,10H,8-9,11-12H2. The van der Waals surface area contributed by atoms with E-state index in [1.165, 1.54) is 6.20 Å². The number of fused-ring (bicyclic) bond motifs is 1. The van der Waals surface area contributed by atoms with Crippen LogP contribution in [0.5, 0.6) is 0 Å².